The molecule has 2 aliphatic rings. The summed E-state index contributed by atoms with van der Waals surface area (Å²) < 4.78 is 44.9. The highest BCUT2D eigenvalue weighted by Gasteiger charge is 2.31. The van der Waals surface area contributed by atoms with Gasteiger partial charge in [-0.15, -0.1) is 0 Å². The summed E-state index contributed by atoms with van der Waals surface area (Å²) in [4.78, 5) is 29.8. The average Bonchev–Trinajstić information content (AvgIpc) is 3.50. The van der Waals surface area contributed by atoms with E-state index < -0.39 is 40.3 Å². The summed E-state index contributed by atoms with van der Waals surface area (Å²) in [5.41, 5.74) is 1.13. The Morgan fingerprint density at radius 2 is 1.84 bits per heavy atom. The molecule has 0 radical (unpaired) electrons. The van der Waals surface area contributed by atoms with Crippen LogP contribution in [0, 0.1) is 5.82 Å². The van der Waals surface area contributed by atoms with Crippen molar-refractivity contribution >= 4 is 27.5 Å². The minimum Gasteiger partial charge on any atom is -0.454 e. The second-order valence-electron chi connectivity index (χ2n) is 7.51. The molecule has 0 N–H and O–H groups in total. The minimum absolute atomic E-state index is 0.0968. The number of ketones is 1. The van der Waals surface area contributed by atoms with E-state index in [0.29, 0.717) is 24.4 Å². The molecule has 1 atom stereocenters. The van der Waals surface area contributed by atoms with E-state index >= 15 is 0 Å². The number of oxime groups is 1. The molecule has 32 heavy (non-hydrogen) atoms. The highest BCUT2D eigenvalue weighted by molar-refractivity contribution is 7.89. The smallest absolute Gasteiger partial charge is 0.351 e. The molecule has 1 fully saturated rings. The molecule has 2 aromatic rings. The quantitative estimate of drug-likeness (QED) is 0.465. The van der Waals surface area contributed by atoms with Crippen LogP contribution in [0.1, 0.15) is 35.2 Å². The van der Waals surface area contributed by atoms with E-state index in [1.54, 1.807) is 6.07 Å². The minimum atomic E-state index is -3.56. The number of ether oxygens (including phenoxy) is 1. The van der Waals surface area contributed by atoms with Crippen molar-refractivity contribution in [3.8, 4) is 0 Å². The first-order chi connectivity index (χ1) is 15.3. The lowest BCUT2D eigenvalue weighted by atomic mass is 10.1. The third kappa shape index (κ3) is 4.71. The fraction of sp³-hybridized carbons (Fsp3) is 0.318. The van der Waals surface area contributed by atoms with Crippen molar-refractivity contribution in [2.24, 2.45) is 5.16 Å². The molecule has 2 heterocycles. The SMILES string of the molecule is O=C(COC(=O)C1CC(c2cccc(F)c2)=NO1)c1ccc(S(=O)(=O)N2CCCC2)cc1. The summed E-state index contributed by atoms with van der Waals surface area (Å²) in [6.07, 6.45) is 0.745. The van der Waals surface area contributed by atoms with E-state index in [1.807, 2.05) is 0 Å². The number of hydrogen-bond acceptors (Lipinski definition) is 7. The molecule has 0 saturated carbocycles. The van der Waals surface area contributed by atoms with Crippen LogP contribution in [0.4, 0.5) is 4.39 Å². The lowest BCUT2D eigenvalue weighted by Crippen LogP contribution is -2.28. The van der Waals surface area contributed by atoms with E-state index in [1.165, 1.54) is 46.8 Å². The largest absolute Gasteiger partial charge is 0.454 e. The molecule has 0 amide bonds. The summed E-state index contributed by atoms with van der Waals surface area (Å²) in [6.45, 7) is 0.464. The first kappa shape index (κ1) is 22.1. The van der Waals surface area contributed by atoms with Gasteiger partial charge >= 0.3 is 5.97 Å². The molecular formula is C22H21FN2O6S. The first-order valence-electron chi connectivity index (χ1n) is 10.1. The van der Waals surface area contributed by atoms with Crippen molar-refractivity contribution in [2.75, 3.05) is 19.7 Å². The summed E-state index contributed by atoms with van der Waals surface area (Å²) in [6, 6.07) is 11.3. The molecule has 1 unspecified atom stereocenters. The maximum Gasteiger partial charge on any atom is 0.351 e. The van der Waals surface area contributed by atoms with Crippen molar-refractivity contribution in [3.05, 3.63) is 65.5 Å². The second-order valence-corrected chi connectivity index (χ2v) is 9.45. The first-order valence-corrected chi connectivity index (χ1v) is 11.6. The molecule has 4 rings (SSSR count). The van der Waals surface area contributed by atoms with Gasteiger partial charge in [-0.1, -0.05) is 17.3 Å². The van der Waals surface area contributed by atoms with Gasteiger partial charge < -0.3 is 9.57 Å². The lowest BCUT2D eigenvalue weighted by Gasteiger charge is -2.15. The number of carbonyl (C=O) groups excluding carboxylic acids is 2. The number of Topliss-reactive ketones (excluding diaryl/α,β-unsaturated/α-hetero) is 1. The Kier molecular flexibility index (Phi) is 6.33. The predicted octanol–water partition coefficient (Wildman–Crippen LogP) is 2.53. The van der Waals surface area contributed by atoms with Gasteiger partial charge in [0, 0.05) is 30.6 Å². The van der Waals surface area contributed by atoms with Crippen LogP contribution in [-0.2, 0) is 24.4 Å². The maximum absolute atomic E-state index is 13.4. The normalized spacial score (nSPS) is 18.8. The summed E-state index contributed by atoms with van der Waals surface area (Å²) >= 11 is 0. The molecule has 8 nitrogen and oxygen atoms in total. The van der Waals surface area contributed by atoms with Crippen molar-refractivity contribution in [1.29, 1.82) is 0 Å². The van der Waals surface area contributed by atoms with Gasteiger partial charge in [0.1, 0.15) is 5.82 Å². The number of carbonyl (C=O) groups is 2. The van der Waals surface area contributed by atoms with E-state index in [-0.39, 0.29) is 16.9 Å². The van der Waals surface area contributed by atoms with Gasteiger partial charge in [0.05, 0.1) is 10.6 Å². The van der Waals surface area contributed by atoms with Crippen LogP contribution >= 0.6 is 0 Å². The number of halogens is 1. The molecular weight excluding hydrogens is 439 g/mol. The fourth-order valence-electron chi connectivity index (χ4n) is 3.55. The summed E-state index contributed by atoms with van der Waals surface area (Å²) in [7, 11) is -3.56. The van der Waals surface area contributed by atoms with Gasteiger partial charge in [0.15, 0.2) is 12.4 Å². The standard InChI is InChI=1S/C22H21FN2O6S/c23-17-5-3-4-16(12-17)19-13-21(31-24-19)22(27)30-14-20(26)15-6-8-18(9-7-15)32(28,29)25-10-1-2-11-25/h3-9,12,21H,1-2,10-11,13-14H2. The molecule has 0 spiro atoms. The zero-order valence-corrected chi connectivity index (χ0v) is 17.9. The Morgan fingerprint density at radius 3 is 2.53 bits per heavy atom. The van der Waals surface area contributed by atoms with Crippen LogP contribution in [0.2, 0.25) is 0 Å². The van der Waals surface area contributed by atoms with Crippen LogP contribution in [-0.4, -0.2) is 56.0 Å². The van der Waals surface area contributed by atoms with Gasteiger partial charge in [-0.3, -0.25) is 4.79 Å². The number of rotatable bonds is 7. The third-order valence-electron chi connectivity index (χ3n) is 5.31. The summed E-state index contributed by atoms with van der Waals surface area (Å²) in [5.74, 6) is -1.67. The van der Waals surface area contributed by atoms with Gasteiger partial charge in [0.25, 0.3) is 0 Å². The molecule has 0 aliphatic carbocycles. The molecule has 168 valence electrons. The van der Waals surface area contributed by atoms with Gasteiger partial charge in [0.2, 0.25) is 16.1 Å². The van der Waals surface area contributed by atoms with Crippen LogP contribution < -0.4 is 0 Å². The van der Waals surface area contributed by atoms with Crippen molar-refractivity contribution < 1.29 is 32.0 Å². The second kappa shape index (κ2) is 9.17. The highest BCUT2D eigenvalue weighted by Crippen LogP contribution is 2.22. The van der Waals surface area contributed by atoms with Crippen LogP contribution in [0.5, 0.6) is 0 Å². The highest BCUT2D eigenvalue weighted by atomic mass is 32.2. The lowest BCUT2D eigenvalue weighted by molar-refractivity contribution is -0.154. The van der Waals surface area contributed by atoms with Gasteiger partial charge in [-0.2, -0.15) is 4.31 Å². The molecule has 2 aromatic carbocycles. The monoisotopic (exact) mass is 460 g/mol. The van der Waals surface area contributed by atoms with E-state index in [0.717, 1.165) is 12.8 Å². The Morgan fingerprint density at radius 1 is 1.12 bits per heavy atom. The Hall–Kier alpha value is -3.11. The number of nitrogens with zero attached hydrogens (tertiary/aromatic N) is 2. The van der Waals surface area contributed by atoms with E-state index in [2.05, 4.69) is 5.16 Å². The van der Waals surface area contributed by atoms with Gasteiger partial charge in [-0.05, 0) is 49.2 Å². The maximum atomic E-state index is 13.4. The third-order valence-corrected chi connectivity index (χ3v) is 7.23. The molecule has 1 saturated heterocycles. The zero-order chi connectivity index (χ0) is 22.7. The van der Waals surface area contributed by atoms with Crippen molar-refractivity contribution in [1.82, 2.24) is 4.31 Å². The van der Waals surface area contributed by atoms with Crippen molar-refractivity contribution in [2.45, 2.75) is 30.3 Å². The van der Waals surface area contributed by atoms with Crippen LogP contribution in [0.3, 0.4) is 0 Å². The van der Waals surface area contributed by atoms with Crippen LogP contribution in [0.25, 0.3) is 0 Å². The fourth-order valence-corrected chi connectivity index (χ4v) is 5.06. The number of sulfonamides is 1. The van der Waals surface area contributed by atoms with E-state index in [9.17, 15) is 22.4 Å². The molecule has 2 aliphatic heterocycles. The van der Waals surface area contributed by atoms with Gasteiger partial charge in [-0.25, -0.2) is 17.6 Å². The topological polar surface area (TPSA) is 102 Å². The number of benzene rings is 2. The Bertz CT molecular complexity index is 1160. The van der Waals surface area contributed by atoms with Crippen LogP contribution in [0.15, 0.2) is 58.6 Å². The molecule has 10 heteroatoms. The Labute approximate surface area is 184 Å². The molecule has 0 aromatic heterocycles. The Balaban J connectivity index is 1.30. The zero-order valence-electron chi connectivity index (χ0n) is 17.1. The number of hydrogen-bond donors (Lipinski definition) is 0. The number of esters is 1. The molecule has 0 bridgehead atoms. The van der Waals surface area contributed by atoms with E-state index in [4.69, 9.17) is 9.57 Å². The van der Waals surface area contributed by atoms with Crippen molar-refractivity contribution in [3.63, 3.8) is 0 Å². The predicted molar refractivity (Wildman–Crippen MR) is 112 cm³/mol. The average molecular weight is 460 g/mol. The summed E-state index contributed by atoms with van der Waals surface area (Å²) in [5, 5.41) is 3.80.